The van der Waals surface area contributed by atoms with Crippen molar-refractivity contribution in [3.05, 3.63) is 35.9 Å². The Kier molecular flexibility index (Phi) is 6.57. The molecule has 0 aliphatic carbocycles. The van der Waals surface area contributed by atoms with Gasteiger partial charge in [-0.1, -0.05) is 37.3 Å². The van der Waals surface area contributed by atoms with Crippen LogP contribution in [0.25, 0.3) is 0 Å². The molecule has 0 spiro atoms. The Hall–Kier alpha value is -1.35. The SMILES string of the molecule is CC(C)NC(=O)C(C)NCCC(C)c1ccccc1. The molecule has 0 saturated carbocycles. The zero-order chi connectivity index (χ0) is 14.3. The Balaban J connectivity index is 2.28. The number of carbonyl (C=O) groups excluding carboxylic acids is 1. The number of benzene rings is 1. The summed E-state index contributed by atoms with van der Waals surface area (Å²) in [6.07, 6.45) is 1.03. The highest BCUT2D eigenvalue weighted by molar-refractivity contribution is 5.81. The maximum atomic E-state index is 11.7. The zero-order valence-corrected chi connectivity index (χ0v) is 12.4. The van der Waals surface area contributed by atoms with E-state index in [9.17, 15) is 4.79 Å². The van der Waals surface area contributed by atoms with Gasteiger partial charge in [-0.15, -0.1) is 0 Å². The summed E-state index contributed by atoms with van der Waals surface area (Å²) in [5, 5.41) is 6.19. The minimum Gasteiger partial charge on any atom is -0.353 e. The third-order valence-electron chi connectivity index (χ3n) is 3.22. The molecule has 0 radical (unpaired) electrons. The monoisotopic (exact) mass is 262 g/mol. The van der Waals surface area contributed by atoms with Gasteiger partial charge < -0.3 is 10.6 Å². The molecule has 0 bridgehead atoms. The van der Waals surface area contributed by atoms with Gasteiger partial charge in [0.05, 0.1) is 6.04 Å². The van der Waals surface area contributed by atoms with Gasteiger partial charge in [-0.2, -0.15) is 0 Å². The van der Waals surface area contributed by atoms with E-state index in [1.807, 2.05) is 26.8 Å². The molecule has 1 amide bonds. The third-order valence-corrected chi connectivity index (χ3v) is 3.22. The van der Waals surface area contributed by atoms with Crippen LogP contribution in [0.2, 0.25) is 0 Å². The Morgan fingerprint density at radius 1 is 1.11 bits per heavy atom. The van der Waals surface area contributed by atoms with E-state index >= 15 is 0 Å². The molecule has 0 aliphatic heterocycles. The van der Waals surface area contributed by atoms with Crippen molar-refractivity contribution in [3.63, 3.8) is 0 Å². The standard InChI is InChI=1S/C16H26N2O/c1-12(2)18-16(19)14(4)17-11-10-13(3)15-8-6-5-7-9-15/h5-9,12-14,17H,10-11H2,1-4H3,(H,18,19). The fourth-order valence-electron chi connectivity index (χ4n) is 1.97. The fourth-order valence-corrected chi connectivity index (χ4v) is 1.97. The first-order valence-electron chi connectivity index (χ1n) is 7.09. The first-order chi connectivity index (χ1) is 9.00. The number of nitrogens with one attached hydrogen (secondary N) is 2. The van der Waals surface area contributed by atoms with Crippen molar-refractivity contribution >= 4 is 5.91 Å². The van der Waals surface area contributed by atoms with Crippen molar-refractivity contribution in [2.24, 2.45) is 0 Å². The van der Waals surface area contributed by atoms with Crippen molar-refractivity contribution in [3.8, 4) is 0 Å². The van der Waals surface area contributed by atoms with Gasteiger partial charge in [-0.05, 0) is 45.2 Å². The van der Waals surface area contributed by atoms with Crippen LogP contribution in [0.1, 0.15) is 45.6 Å². The molecule has 3 heteroatoms. The number of hydrogen-bond acceptors (Lipinski definition) is 2. The van der Waals surface area contributed by atoms with E-state index in [2.05, 4.69) is 41.8 Å². The number of amides is 1. The third kappa shape index (κ3) is 5.88. The summed E-state index contributed by atoms with van der Waals surface area (Å²) in [5.41, 5.74) is 1.35. The van der Waals surface area contributed by atoms with E-state index < -0.39 is 0 Å². The van der Waals surface area contributed by atoms with E-state index in [-0.39, 0.29) is 18.0 Å². The van der Waals surface area contributed by atoms with Gasteiger partial charge in [0.1, 0.15) is 0 Å². The van der Waals surface area contributed by atoms with Crippen molar-refractivity contribution in [2.45, 2.75) is 52.1 Å². The molecule has 2 atom stereocenters. The van der Waals surface area contributed by atoms with E-state index in [4.69, 9.17) is 0 Å². The summed E-state index contributed by atoms with van der Waals surface area (Å²) in [4.78, 5) is 11.7. The normalized spacial score (nSPS) is 14.2. The number of hydrogen-bond donors (Lipinski definition) is 2. The molecule has 2 N–H and O–H groups in total. The molecule has 0 aliphatic rings. The van der Waals surface area contributed by atoms with E-state index in [1.165, 1.54) is 5.56 Å². The highest BCUT2D eigenvalue weighted by Gasteiger charge is 2.13. The molecule has 1 aromatic carbocycles. The summed E-state index contributed by atoms with van der Waals surface area (Å²) < 4.78 is 0. The average molecular weight is 262 g/mol. The summed E-state index contributed by atoms with van der Waals surface area (Å²) in [5.74, 6) is 0.580. The summed E-state index contributed by atoms with van der Waals surface area (Å²) in [6.45, 7) is 8.92. The predicted octanol–water partition coefficient (Wildman–Crippen LogP) is 2.68. The van der Waals surface area contributed by atoms with Crippen LogP contribution in [0.4, 0.5) is 0 Å². The Morgan fingerprint density at radius 3 is 2.32 bits per heavy atom. The second-order valence-corrected chi connectivity index (χ2v) is 5.44. The molecule has 19 heavy (non-hydrogen) atoms. The van der Waals surface area contributed by atoms with Crippen molar-refractivity contribution in [1.29, 1.82) is 0 Å². The molecule has 0 fully saturated rings. The van der Waals surface area contributed by atoms with Crippen LogP contribution in [-0.2, 0) is 4.79 Å². The predicted molar refractivity (Wildman–Crippen MR) is 80.2 cm³/mol. The van der Waals surface area contributed by atoms with Gasteiger partial charge in [0.2, 0.25) is 5.91 Å². The van der Waals surface area contributed by atoms with Gasteiger partial charge >= 0.3 is 0 Å². The molecule has 0 aromatic heterocycles. The minimum absolute atomic E-state index is 0.0716. The maximum absolute atomic E-state index is 11.7. The minimum atomic E-state index is -0.134. The van der Waals surface area contributed by atoms with Gasteiger partial charge in [-0.3, -0.25) is 4.79 Å². The highest BCUT2D eigenvalue weighted by Crippen LogP contribution is 2.17. The molecular weight excluding hydrogens is 236 g/mol. The second kappa shape index (κ2) is 7.95. The molecule has 1 aromatic rings. The van der Waals surface area contributed by atoms with Gasteiger partial charge in [-0.25, -0.2) is 0 Å². The molecular formula is C16H26N2O. The quantitative estimate of drug-likeness (QED) is 0.793. The van der Waals surface area contributed by atoms with Crippen LogP contribution >= 0.6 is 0 Å². The van der Waals surface area contributed by atoms with Crippen LogP contribution in [0.3, 0.4) is 0 Å². The topological polar surface area (TPSA) is 41.1 Å². The Morgan fingerprint density at radius 2 is 1.74 bits per heavy atom. The Bertz CT molecular complexity index is 376. The first-order valence-corrected chi connectivity index (χ1v) is 7.09. The summed E-state index contributed by atoms with van der Waals surface area (Å²) in [7, 11) is 0. The highest BCUT2D eigenvalue weighted by atomic mass is 16.2. The van der Waals surface area contributed by atoms with Crippen LogP contribution < -0.4 is 10.6 Å². The summed E-state index contributed by atoms with van der Waals surface area (Å²) in [6, 6.07) is 10.5. The molecule has 0 saturated heterocycles. The molecule has 3 nitrogen and oxygen atoms in total. The van der Waals surface area contributed by atoms with Crippen molar-refractivity contribution in [2.75, 3.05) is 6.54 Å². The van der Waals surface area contributed by atoms with Crippen LogP contribution in [0.5, 0.6) is 0 Å². The van der Waals surface area contributed by atoms with Crippen LogP contribution in [-0.4, -0.2) is 24.5 Å². The van der Waals surface area contributed by atoms with Crippen molar-refractivity contribution in [1.82, 2.24) is 10.6 Å². The van der Waals surface area contributed by atoms with Gasteiger partial charge in [0.25, 0.3) is 0 Å². The van der Waals surface area contributed by atoms with E-state index in [1.54, 1.807) is 0 Å². The fraction of sp³-hybridized carbons (Fsp3) is 0.562. The maximum Gasteiger partial charge on any atom is 0.237 e. The number of carbonyl (C=O) groups is 1. The van der Waals surface area contributed by atoms with Crippen molar-refractivity contribution < 1.29 is 4.79 Å². The molecule has 0 heterocycles. The zero-order valence-electron chi connectivity index (χ0n) is 12.4. The van der Waals surface area contributed by atoms with Crippen LogP contribution in [0, 0.1) is 0 Å². The molecule has 106 valence electrons. The lowest BCUT2D eigenvalue weighted by atomic mass is 9.98. The largest absolute Gasteiger partial charge is 0.353 e. The van der Waals surface area contributed by atoms with Crippen LogP contribution in [0.15, 0.2) is 30.3 Å². The summed E-state index contributed by atoms with van der Waals surface area (Å²) >= 11 is 0. The Labute approximate surface area is 116 Å². The number of rotatable bonds is 7. The molecule has 2 unspecified atom stereocenters. The molecule has 1 rings (SSSR count). The first kappa shape index (κ1) is 15.7. The van der Waals surface area contributed by atoms with Gasteiger partial charge in [0, 0.05) is 6.04 Å². The lowest BCUT2D eigenvalue weighted by Crippen LogP contribution is -2.45. The van der Waals surface area contributed by atoms with E-state index in [0.717, 1.165) is 13.0 Å². The lowest BCUT2D eigenvalue weighted by molar-refractivity contribution is -0.123. The smallest absolute Gasteiger partial charge is 0.237 e. The van der Waals surface area contributed by atoms with E-state index in [0.29, 0.717) is 5.92 Å². The lowest BCUT2D eigenvalue weighted by Gasteiger charge is -2.17. The second-order valence-electron chi connectivity index (χ2n) is 5.44. The average Bonchev–Trinajstić information content (AvgIpc) is 2.38. The van der Waals surface area contributed by atoms with Gasteiger partial charge in [0.15, 0.2) is 0 Å².